The first-order valence-corrected chi connectivity index (χ1v) is 11.9. The van der Waals surface area contributed by atoms with Gasteiger partial charge in [-0.3, -0.25) is 4.79 Å². The summed E-state index contributed by atoms with van der Waals surface area (Å²) in [5, 5.41) is 4.55. The number of ether oxygens (including phenoxy) is 2. The van der Waals surface area contributed by atoms with Crippen LogP contribution >= 0.6 is 23.2 Å². The summed E-state index contributed by atoms with van der Waals surface area (Å²) >= 11 is 12.5. The monoisotopic (exact) mass is 563 g/mol. The fourth-order valence-electron chi connectivity index (χ4n) is 3.50. The standard InChI is InChI=1S/C26H18Cl2F3N3O4/c1-2-37-22(35)14-38-23-19(27)10-15(11-20(23)28)13-32-34-24(16-6-5-7-17(12-16)26(29,30)31)33-21-9-4-3-8-18(21)25(34)36/h3-13H,2,14H2,1H3. The van der Waals surface area contributed by atoms with Crippen LogP contribution in [0, 0.1) is 0 Å². The number of alkyl halides is 3. The number of carbonyl (C=O) groups is 1. The molecule has 1 aromatic heterocycles. The highest BCUT2D eigenvalue weighted by atomic mass is 35.5. The van der Waals surface area contributed by atoms with Crippen LogP contribution in [-0.2, 0) is 15.7 Å². The number of esters is 1. The van der Waals surface area contributed by atoms with Crippen LogP contribution in [0.2, 0.25) is 10.0 Å². The second-order valence-electron chi connectivity index (χ2n) is 7.80. The summed E-state index contributed by atoms with van der Waals surface area (Å²) in [6.07, 6.45) is -3.34. The fourth-order valence-corrected chi connectivity index (χ4v) is 4.12. The first-order valence-electron chi connectivity index (χ1n) is 11.1. The van der Waals surface area contributed by atoms with Crippen LogP contribution < -0.4 is 10.3 Å². The van der Waals surface area contributed by atoms with Crippen molar-refractivity contribution in [1.29, 1.82) is 0 Å². The maximum atomic E-state index is 13.4. The van der Waals surface area contributed by atoms with E-state index in [-0.39, 0.29) is 39.2 Å². The van der Waals surface area contributed by atoms with E-state index in [1.807, 2.05) is 0 Å². The minimum atomic E-state index is -4.59. The molecular weight excluding hydrogens is 546 g/mol. The maximum absolute atomic E-state index is 13.4. The lowest BCUT2D eigenvalue weighted by Gasteiger charge is -2.12. The summed E-state index contributed by atoms with van der Waals surface area (Å²) in [6, 6.07) is 13.7. The molecule has 196 valence electrons. The number of aromatic nitrogens is 2. The molecule has 1 heterocycles. The smallest absolute Gasteiger partial charge is 0.416 e. The number of hydrogen-bond acceptors (Lipinski definition) is 6. The minimum absolute atomic E-state index is 0.0404. The molecule has 4 rings (SSSR count). The Morgan fingerprint density at radius 2 is 1.79 bits per heavy atom. The Morgan fingerprint density at radius 3 is 2.47 bits per heavy atom. The second-order valence-corrected chi connectivity index (χ2v) is 8.61. The van der Waals surface area contributed by atoms with E-state index < -0.39 is 29.9 Å². The third kappa shape index (κ3) is 5.98. The lowest BCUT2D eigenvalue weighted by molar-refractivity contribution is -0.145. The van der Waals surface area contributed by atoms with Crippen molar-refractivity contribution in [3.8, 4) is 17.1 Å². The molecule has 12 heteroatoms. The van der Waals surface area contributed by atoms with E-state index >= 15 is 0 Å². The van der Waals surface area contributed by atoms with Gasteiger partial charge >= 0.3 is 12.1 Å². The van der Waals surface area contributed by atoms with Crippen molar-refractivity contribution in [1.82, 2.24) is 9.66 Å². The predicted molar refractivity (Wildman–Crippen MR) is 138 cm³/mol. The quantitative estimate of drug-likeness (QED) is 0.197. The fraction of sp³-hybridized carbons (Fsp3) is 0.154. The van der Waals surface area contributed by atoms with Gasteiger partial charge in [0.2, 0.25) is 0 Å². The van der Waals surface area contributed by atoms with Crippen molar-refractivity contribution < 1.29 is 27.4 Å². The Hall–Kier alpha value is -3.89. The Labute approximate surface area is 224 Å². The van der Waals surface area contributed by atoms with Gasteiger partial charge < -0.3 is 9.47 Å². The van der Waals surface area contributed by atoms with Crippen LogP contribution in [0.5, 0.6) is 5.75 Å². The first kappa shape index (κ1) is 27.2. The minimum Gasteiger partial charge on any atom is -0.479 e. The highest BCUT2D eigenvalue weighted by Gasteiger charge is 2.31. The van der Waals surface area contributed by atoms with Crippen molar-refractivity contribution in [3.63, 3.8) is 0 Å². The van der Waals surface area contributed by atoms with Gasteiger partial charge in [0.15, 0.2) is 18.2 Å². The van der Waals surface area contributed by atoms with Gasteiger partial charge in [-0.1, -0.05) is 47.5 Å². The van der Waals surface area contributed by atoms with E-state index in [0.717, 1.165) is 16.8 Å². The summed E-state index contributed by atoms with van der Waals surface area (Å²) in [7, 11) is 0. The molecule has 0 saturated heterocycles. The predicted octanol–water partition coefficient (Wildman–Crippen LogP) is 6.21. The number of benzene rings is 3. The SMILES string of the molecule is CCOC(=O)COc1c(Cl)cc(C=Nn2c(-c3cccc(C(F)(F)F)c3)nc3ccccc3c2=O)cc1Cl. The summed E-state index contributed by atoms with van der Waals surface area (Å²) in [4.78, 5) is 29.3. The summed E-state index contributed by atoms with van der Waals surface area (Å²) < 4.78 is 51.1. The van der Waals surface area contributed by atoms with E-state index in [2.05, 4.69) is 10.1 Å². The maximum Gasteiger partial charge on any atom is 0.416 e. The molecule has 38 heavy (non-hydrogen) atoms. The van der Waals surface area contributed by atoms with E-state index in [9.17, 15) is 22.8 Å². The summed E-state index contributed by atoms with van der Waals surface area (Å²) in [5.74, 6) is -0.647. The molecule has 0 bridgehead atoms. The van der Waals surface area contributed by atoms with Crippen LogP contribution in [-0.4, -0.2) is 35.1 Å². The van der Waals surface area contributed by atoms with Crippen molar-refractivity contribution in [2.24, 2.45) is 5.10 Å². The van der Waals surface area contributed by atoms with Gasteiger partial charge in [0, 0.05) is 5.56 Å². The van der Waals surface area contributed by atoms with Crippen LogP contribution in [0.25, 0.3) is 22.3 Å². The molecule has 0 fully saturated rings. The third-order valence-electron chi connectivity index (χ3n) is 5.18. The van der Waals surface area contributed by atoms with Gasteiger partial charge in [-0.25, -0.2) is 9.78 Å². The number of carbonyl (C=O) groups excluding carboxylic acids is 1. The number of rotatable bonds is 7. The van der Waals surface area contributed by atoms with Crippen LogP contribution in [0.1, 0.15) is 18.1 Å². The van der Waals surface area contributed by atoms with Gasteiger partial charge in [-0.05, 0) is 48.9 Å². The lowest BCUT2D eigenvalue weighted by atomic mass is 10.1. The molecule has 0 radical (unpaired) electrons. The van der Waals surface area contributed by atoms with Crippen LogP contribution in [0.4, 0.5) is 13.2 Å². The van der Waals surface area contributed by atoms with Crippen LogP contribution in [0.3, 0.4) is 0 Å². The average Bonchev–Trinajstić information content (AvgIpc) is 2.87. The number of nitrogens with zero attached hydrogens (tertiary/aromatic N) is 3. The Balaban J connectivity index is 1.77. The second kappa shape index (κ2) is 11.2. The third-order valence-corrected chi connectivity index (χ3v) is 5.75. The molecule has 0 aliphatic carbocycles. The topological polar surface area (TPSA) is 82.8 Å². The number of fused-ring (bicyclic) bond motifs is 1. The normalized spacial score (nSPS) is 11.7. The molecular formula is C26H18Cl2F3N3O4. The number of hydrogen-bond donors (Lipinski definition) is 0. The molecule has 0 aliphatic rings. The zero-order valence-electron chi connectivity index (χ0n) is 19.6. The van der Waals surface area contributed by atoms with E-state index in [4.69, 9.17) is 32.7 Å². The molecule has 0 unspecified atom stereocenters. The highest BCUT2D eigenvalue weighted by Crippen LogP contribution is 2.34. The largest absolute Gasteiger partial charge is 0.479 e. The average molecular weight is 564 g/mol. The Kier molecular flexibility index (Phi) is 8.03. The molecule has 0 N–H and O–H groups in total. The molecule has 0 atom stereocenters. The van der Waals surface area contributed by atoms with Crippen LogP contribution in [0.15, 0.2) is 70.6 Å². The Bertz CT molecular complexity index is 1580. The van der Waals surface area contributed by atoms with Gasteiger partial charge in [-0.2, -0.15) is 22.9 Å². The molecule has 0 aliphatic heterocycles. The molecule has 0 spiro atoms. The van der Waals surface area contributed by atoms with Crippen molar-refractivity contribution >= 4 is 46.3 Å². The van der Waals surface area contributed by atoms with E-state index in [1.54, 1.807) is 25.1 Å². The lowest BCUT2D eigenvalue weighted by Crippen LogP contribution is -2.20. The summed E-state index contributed by atoms with van der Waals surface area (Å²) in [5.41, 5.74) is -0.807. The van der Waals surface area contributed by atoms with E-state index in [0.29, 0.717) is 11.1 Å². The highest BCUT2D eigenvalue weighted by molar-refractivity contribution is 6.37. The van der Waals surface area contributed by atoms with E-state index in [1.165, 1.54) is 36.5 Å². The zero-order chi connectivity index (χ0) is 27.4. The molecule has 0 amide bonds. The van der Waals surface area contributed by atoms with Gasteiger partial charge in [0.05, 0.1) is 39.3 Å². The summed E-state index contributed by atoms with van der Waals surface area (Å²) in [6.45, 7) is 1.44. The first-order chi connectivity index (χ1) is 18.1. The van der Waals surface area contributed by atoms with Gasteiger partial charge in [0.25, 0.3) is 5.56 Å². The van der Waals surface area contributed by atoms with Gasteiger partial charge in [0.1, 0.15) is 0 Å². The van der Waals surface area contributed by atoms with Gasteiger partial charge in [-0.15, -0.1) is 0 Å². The Morgan fingerprint density at radius 1 is 1.08 bits per heavy atom. The zero-order valence-corrected chi connectivity index (χ0v) is 21.1. The molecule has 7 nitrogen and oxygen atoms in total. The molecule has 0 saturated carbocycles. The van der Waals surface area contributed by atoms with Crippen molar-refractivity contribution in [2.45, 2.75) is 13.1 Å². The molecule has 4 aromatic rings. The molecule has 3 aromatic carbocycles. The number of halogens is 5. The number of para-hydroxylation sites is 1. The van der Waals surface area contributed by atoms with Crippen molar-refractivity contribution in [3.05, 3.63) is 92.2 Å². The van der Waals surface area contributed by atoms with Crippen molar-refractivity contribution in [2.75, 3.05) is 13.2 Å².